The van der Waals surface area contributed by atoms with Crippen LogP contribution >= 0.6 is 23.4 Å². The fourth-order valence-electron chi connectivity index (χ4n) is 2.41. The van der Waals surface area contributed by atoms with Crippen molar-refractivity contribution in [2.24, 2.45) is 0 Å². The van der Waals surface area contributed by atoms with Gasteiger partial charge in [-0.25, -0.2) is 0 Å². The molecule has 0 fully saturated rings. The number of carbonyl (C=O) groups is 1. The molecule has 2 aromatic rings. The Labute approximate surface area is 154 Å². The fraction of sp³-hybridized carbons (Fsp3) is 0.316. The third-order valence-corrected chi connectivity index (χ3v) is 5.14. The highest BCUT2D eigenvalue weighted by atomic mass is 35.5. The van der Waals surface area contributed by atoms with Gasteiger partial charge in [0.2, 0.25) is 0 Å². The molecule has 0 heterocycles. The molecule has 2 rings (SSSR count). The van der Waals surface area contributed by atoms with Crippen molar-refractivity contribution < 1.29 is 18.0 Å². The van der Waals surface area contributed by atoms with Crippen LogP contribution in [0.1, 0.15) is 40.7 Å². The monoisotopic (exact) mass is 386 g/mol. The molecule has 0 unspecified atom stereocenters. The third kappa shape index (κ3) is 6.40. The summed E-state index contributed by atoms with van der Waals surface area (Å²) in [6.07, 6.45) is -0.313. The van der Waals surface area contributed by atoms with E-state index in [-0.39, 0.29) is 10.5 Å². The molecule has 0 radical (unpaired) electrons. The number of aldehydes is 1. The first-order chi connectivity index (χ1) is 11.9. The summed E-state index contributed by atoms with van der Waals surface area (Å²) >= 11 is 7.02. The van der Waals surface area contributed by atoms with E-state index in [4.69, 9.17) is 11.6 Å². The van der Waals surface area contributed by atoms with E-state index in [1.54, 1.807) is 0 Å². The number of unbranched alkanes of at least 4 members (excludes halogenated alkanes) is 2. The van der Waals surface area contributed by atoms with Crippen molar-refractivity contribution >= 4 is 29.6 Å². The number of rotatable bonds is 8. The van der Waals surface area contributed by atoms with Gasteiger partial charge in [-0.05, 0) is 54.8 Å². The maximum Gasteiger partial charge on any atom is 0.417 e. The summed E-state index contributed by atoms with van der Waals surface area (Å²) in [6, 6.07) is 11.4. The van der Waals surface area contributed by atoms with E-state index in [1.807, 2.05) is 24.3 Å². The molecule has 0 spiro atoms. The number of alkyl halides is 3. The highest BCUT2D eigenvalue weighted by Crippen LogP contribution is 2.37. The van der Waals surface area contributed by atoms with E-state index in [1.165, 1.54) is 29.5 Å². The number of aryl methyl sites for hydroxylation is 1. The maximum atomic E-state index is 13.1. The Morgan fingerprint density at radius 1 is 1.00 bits per heavy atom. The summed E-state index contributed by atoms with van der Waals surface area (Å²) in [4.78, 5) is 10.9. The van der Waals surface area contributed by atoms with Crippen LogP contribution in [0.5, 0.6) is 0 Å². The summed E-state index contributed by atoms with van der Waals surface area (Å²) in [5.41, 5.74) is 0.517. The second kappa shape index (κ2) is 9.30. The van der Waals surface area contributed by atoms with Crippen molar-refractivity contribution in [3.8, 4) is 0 Å². The van der Waals surface area contributed by atoms with Gasteiger partial charge in [-0.1, -0.05) is 36.2 Å². The van der Waals surface area contributed by atoms with E-state index in [0.29, 0.717) is 17.1 Å². The molecule has 0 saturated heterocycles. The van der Waals surface area contributed by atoms with Crippen molar-refractivity contribution in [1.82, 2.24) is 0 Å². The lowest BCUT2D eigenvalue weighted by molar-refractivity contribution is -0.139. The van der Waals surface area contributed by atoms with Crippen molar-refractivity contribution in [1.29, 1.82) is 0 Å². The van der Waals surface area contributed by atoms with Gasteiger partial charge in [0.15, 0.2) is 0 Å². The van der Waals surface area contributed by atoms with Gasteiger partial charge in [0, 0.05) is 15.5 Å². The van der Waals surface area contributed by atoms with Crippen LogP contribution < -0.4 is 0 Å². The largest absolute Gasteiger partial charge is 0.417 e. The number of thioether (sulfide) groups is 1. The minimum atomic E-state index is -4.45. The summed E-state index contributed by atoms with van der Waals surface area (Å²) in [5, 5.41) is 0.709. The SMILES string of the molecule is O=Cc1ccc(SCCCCCc2ccc(Cl)cc2)c(C(F)(F)F)c1. The molecule has 0 N–H and O–H groups in total. The molecule has 0 aliphatic heterocycles. The normalized spacial score (nSPS) is 11.5. The first-order valence-corrected chi connectivity index (χ1v) is 9.30. The van der Waals surface area contributed by atoms with Crippen molar-refractivity contribution in [2.75, 3.05) is 5.75 Å². The lowest BCUT2D eigenvalue weighted by Gasteiger charge is -2.13. The molecule has 134 valence electrons. The van der Waals surface area contributed by atoms with Crippen molar-refractivity contribution in [3.05, 3.63) is 64.2 Å². The Kier molecular flexibility index (Phi) is 7.38. The van der Waals surface area contributed by atoms with Crippen molar-refractivity contribution in [3.63, 3.8) is 0 Å². The molecular formula is C19H18ClF3OS. The predicted molar refractivity (Wildman–Crippen MR) is 96.6 cm³/mol. The van der Waals surface area contributed by atoms with Gasteiger partial charge < -0.3 is 0 Å². The zero-order valence-electron chi connectivity index (χ0n) is 13.5. The molecular weight excluding hydrogens is 369 g/mol. The lowest BCUT2D eigenvalue weighted by atomic mass is 10.1. The van der Waals surface area contributed by atoms with E-state index in [0.717, 1.165) is 31.7 Å². The van der Waals surface area contributed by atoms with Crippen LogP contribution in [-0.4, -0.2) is 12.0 Å². The van der Waals surface area contributed by atoms with E-state index < -0.39 is 11.7 Å². The molecule has 6 heteroatoms. The van der Waals surface area contributed by atoms with Gasteiger partial charge in [0.25, 0.3) is 0 Å². The Morgan fingerprint density at radius 3 is 2.36 bits per heavy atom. The molecule has 25 heavy (non-hydrogen) atoms. The number of carbonyl (C=O) groups excluding carboxylic acids is 1. The number of hydrogen-bond acceptors (Lipinski definition) is 2. The van der Waals surface area contributed by atoms with E-state index in [2.05, 4.69) is 0 Å². The standard InChI is InChI=1S/C19H18ClF3OS/c20-16-8-5-14(6-9-16)4-2-1-3-11-25-18-10-7-15(13-24)12-17(18)19(21,22)23/h5-10,12-13H,1-4,11H2. The average Bonchev–Trinajstić information content (AvgIpc) is 2.58. The molecule has 0 aliphatic rings. The van der Waals surface area contributed by atoms with Crippen LogP contribution in [0.4, 0.5) is 13.2 Å². The van der Waals surface area contributed by atoms with Gasteiger partial charge in [-0.15, -0.1) is 11.8 Å². The molecule has 2 aromatic carbocycles. The second-order valence-electron chi connectivity index (χ2n) is 5.66. The van der Waals surface area contributed by atoms with Gasteiger partial charge in [0.1, 0.15) is 6.29 Å². The maximum absolute atomic E-state index is 13.1. The van der Waals surface area contributed by atoms with Crippen LogP contribution in [0.15, 0.2) is 47.4 Å². The minimum absolute atomic E-state index is 0.0413. The highest BCUT2D eigenvalue weighted by molar-refractivity contribution is 7.99. The molecule has 1 nitrogen and oxygen atoms in total. The van der Waals surface area contributed by atoms with Gasteiger partial charge >= 0.3 is 6.18 Å². The Bertz CT molecular complexity index is 699. The molecule has 0 aliphatic carbocycles. The zero-order chi connectivity index (χ0) is 18.3. The minimum Gasteiger partial charge on any atom is -0.298 e. The Hall–Kier alpha value is -1.46. The number of hydrogen-bond donors (Lipinski definition) is 0. The fourth-order valence-corrected chi connectivity index (χ4v) is 3.60. The highest BCUT2D eigenvalue weighted by Gasteiger charge is 2.33. The summed E-state index contributed by atoms with van der Waals surface area (Å²) < 4.78 is 39.2. The molecule has 0 aromatic heterocycles. The smallest absolute Gasteiger partial charge is 0.298 e. The quantitative estimate of drug-likeness (QED) is 0.286. The van der Waals surface area contributed by atoms with Crippen LogP contribution in [-0.2, 0) is 12.6 Å². The lowest BCUT2D eigenvalue weighted by Crippen LogP contribution is -2.07. The van der Waals surface area contributed by atoms with Crippen LogP contribution in [0.25, 0.3) is 0 Å². The first kappa shape index (κ1) is 19.9. The molecule has 0 bridgehead atoms. The van der Waals surface area contributed by atoms with Gasteiger partial charge in [-0.2, -0.15) is 13.2 Å². The molecule has 0 saturated carbocycles. The van der Waals surface area contributed by atoms with Gasteiger partial charge in [-0.3, -0.25) is 4.79 Å². The zero-order valence-corrected chi connectivity index (χ0v) is 15.1. The Morgan fingerprint density at radius 2 is 1.72 bits per heavy atom. The van der Waals surface area contributed by atoms with E-state index in [9.17, 15) is 18.0 Å². The average molecular weight is 387 g/mol. The topological polar surface area (TPSA) is 17.1 Å². The van der Waals surface area contributed by atoms with Crippen LogP contribution in [0.2, 0.25) is 5.02 Å². The first-order valence-electron chi connectivity index (χ1n) is 7.94. The summed E-state index contributed by atoms with van der Waals surface area (Å²) in [6.45, 7) is 0. The number of benzene rings is 2. The summed E-state index contributed by atoms with van der Waals surface area (Å²) in [7, 11) is 0. The molecule has 0 atom stereocenters. The number of halogens is 4. The third-order valence-electron chi connectivity index (χ3n) is 3.73. The van der Waals surface area contributed by atoms with E-state index >= 15 is 0 Å². The second-order valence-corrected chi connectivity index (χ2v) is 7.23. The predicted octanol–water partition coefficient (Wildman–Crippen LogP) is 6.68. The Balaban J connectivity index is 1.79. The summed E-state index contributed by atoms with van der Waals surface area (Å²) in [5.74, 6) is 0.615. The van der Waals surface area contributed by atoms with Crippen LogP contribution in [0, 0.1) is 0 Å². The molecule has 0 amide bonds. The van der Waals surface area contributed by atoms with Crippen molar-refractivity contribution in [2.45, 2.75) is 36.8 Å². The van der Waals surface area contributed by atoms with Crippen LogP contribution in [0.3, 0.4) is 0 Å². The van der Waals surface area contributed by atoms with Gasteiger partial charge in [0.05, 0.1) is 5.56 Å².